The number of hydrogen-bond acceptors (Lipinski definition) is 5. The van der Waals surface area contributed by atoms with Gasteiger partial charge < -0.3 is 9.42 Å². The lowest BCUT2D eigenvalue weighted by molar-refractivity contribution is -0.131. The van der Waals surface area contributed by atoms with Gasteiger partial charge in [0, 0.05) is 37.0 Å². The zero-order chi connectivity index (χ0) is 20.5. The fraction of sp³-hybridized carbons (Fsp3) is 0.429. The van der Waals surface area contributed by atoms with Crippen LogP contribution in [0, 0.1) is 19.7 Å². The number of piperidine rings is 1. The summed E-state index contributed by atoms with van der Waals surface area (Å²) >= 11 is 0. The van der Waals surface area contributed by atoms with Crippen LogP contribution < -0.4 is 0 Å². The molecule has 0 N–H and O–H groups in total. The van der Waals surface area contributed by atoms with Gasteiger partial charge in [-0.2, -0.15) is 10.1 Å². The lowest BCUT2D eigenvalue weighted by atomic mass is 9.97. The topological polar surface area (TPSA) is 77.1 Å². The molecule has 7 nitrogen and oxygen atoms in total. The summed E-state index contributed by atoms with van der Waals surface area (Å²) in [6.07, 6.45) is 2.09. The molecule has 1 atom stereocenters. The van der Waals surface area contributed by atoms with Crippen LogP contribution in [0.2, 0.25) is 0 Å². The summed E-state index contributed by atoms with van der Waals surface area (Å²) in [5.41, 5.74) is 3.47. The smallest absolute Gasteiger partial charge is 0.231 e. The maximum atomic E-state index is 13.5. The quantitative estimate of drug-likeness (QED) is 0.676. The molecule has 0 radical (unpaired) electrons. The van der Waals surface area contributed by atoms with E-state index in [0.29, 0.717) is 30.2 Å². The van der Waals surface area contributed by atoms with E-state index in [1.54, 1.807) is 12.1 Å². The molecule has 8 heteroatoms. The molecule has 0 spiro atoms. The van der Waals surface area contributed by atoms with Gasteiger partial charge in [0.15, 0.2) is 0 Å². The van der Waals surface area contributed by atoms with Crippen LogP contribution in [0.15, 0.2) is 28.8 Å². The van der Waals surface area contributed by atoms with E-state index in [2.05, 4.69) is 15.2 Å². The molecule has 0 saturated carbocycles. The van der Waals surface area contributed by atoms with Crippen LogP contribution in [0.1, 0.15) is 41.6 Å². The van der Waals surface area contributed by atoms with E-state index < -0.39 is 0 Å². The summed E-state index contributed by atoms with van der Waals surface area (Å²) in [4.78, 5) is 19.2. The highest BCUT2D eigenvalue weighted by Crippen LogP contribution is 2.28. The Kier molecular flexibility index (Phi) is 5.17. The number of amides is 1. The Bertz CT molecular complexity index is 1040. The van der Waals surface area contributed by atoms with Gasteiger partial charge in [-0.3, -0.25) is 9.48 Å². The highest BCUT2D eigenvalue weighted by atomic mass is 19.1. The van der Waals surface area contributed by atoms with Gasteiger partial charge in [0.05, 0.1) is 18.0 Å². The molecule has 1 aliphatic heterocycles. The van der Waals surface area contributed by atoms with E-state index in [1.807, 2.05) is 30.5 Å². The Morgan fingerprint density at radius 2 is 2.17 bits per heavy atom. The van der Waals surface area contributed by atoms with E-state index in [-0.39, 0.29) is 17.6 Å². The zero-order valence-electron chi connectivity index (χ0n) is 16.9. The van der Waals surface area contributed by atoms with Crippen molar-refractivity contribution < 1.29 is 13.7 Å². The number of hydrogen-bond donors (Lipinski definition) is 0. The zero-order valence-corrected chi connectivity index (χ0v) is 16.9. The molecule has 2 aromatic heterocycles. The minimum atomic E-state index is -0.343. The lowest BCUT2D eigenvalue weighted by Gasteiger charge is -2.31. The van der Waals surface area contributed by atoms with Crippen LogP contribution in [-0.4, -0.2) is 43.8 Å². The van der Waals surface area contributed by atoms with Gasteiger partial charge in [-0.05, 0) is 38.8 Å². The Morgan fingerprint density at radius 3 is 2.90 bits per heavy atom. The summed E-state index contributed by atoms with van der Waals surface area (Å²) in [7, 11) is 1.89. The number of nitrogens with zero attached hydrogens (tertiary/aromatic N) is 5. The van der Waals surface area contributed by atoms with Crippen LogP contribution >= 0.6 is 0 Å². The van der Waals surface area contributed by atoms with Crippen molar-refractivity contribution in [2.45, 2.75) is 39.0 Å². The van der Waals surface area contributed by atoms with E-state index in [4.69, 9.17) is 4.52 Å². The van der Waals surface area contributed by atoms with Gasteiger partial charge in [-0.1, -0.05) is 17.3 Å². The second-order valence-electron chi connectivity index (χ2n) is 7.60. The first-order chi connectivity index (χ1) is 13.9. The summed E-state index contributed by atoms with van der Waals surface area (Å²) in [6, 6.07) is 6.11. The van der Waals surface area contributed by atoms with Gasteiger partial charge in [0.25, 0.3) is 0 Å². The molecule has 1 fully saturated rings. The number of carbonyl (C=O) groups is 1. The third kappa shape index (κ3) is 3.92. The summed E-state index contributed by atoms with van der Waals surface area (Å²) in [5, 5.41) is 8.39. The monoisotopic (exact) mass is 397 g/mol. The summed E-state index contributed by atoms with van der Waals surface area (Å²) in [6.45, 7) is 5.18. The van der Waals surface area contributed by atoms with Gasteiger partial charge >= 0.3 is 0 Å². The average Bonchev–Trinajstić information content (AvgIpc) is 3.29. The second-order valence-corrected chi connectivity index (χ2v) is 7.60. The second kappa shape index (κ2) is 7.77. The van der Waals surface area contributed by atoms with Crippen molar-refractivity contribution in [2.24, 2.45) is 7.05 Å². The van der Waals surface area contributed by atoms with Crippen molar-refractivity contribution in [3.8, 4) is 11.4 Å². The van der Waals surface area contributed by atoms with Crippen molar-refractivity contribution in [2.75, 3.05) is 13.1 Å². The Labute approximate surface area is 168 Å². The Morgan fingerprint density at radius 1 is 1.34 bits per heavy atom. The molecule has 1 amide bonds. The summed E-state index contributed by atoms with van der Waals surface area (Å²) < 4.78 is 20.7. The van der Waals surface area contributed by atoms with E-state index in [1.165, 1.54) is 12.1 Å². The maximum Gasteiger partial charge on any atom is 0.231 e. The predicted octanol–water partition coefficient (Wildman–Crippen LogP) is 3.17. The van der Waals surface area contributed by atoms with Gasteiger partial charge in [-0.25, -0.2) is 4.39 Å². The van der Waals surface area contributed by atoms with Crippen molar-refractivity contribution in [3.63, 3.8) is 0 Å². The lowest BCUT2D eigenvalue weighted by Crippen LogP contribution is -2.40. The van der Waals surface area contributed by atoms with Crippen molar-refractivity contribution in [1.82, 2.24) is 24.8 Å². The molecular formula is C21H24FN5O2. The molecule has 1 saturated heterocycles. The third-order valence-corrected chi connectivity index (χ3v) is 5.63. The molecule has 4 rings (SSSR count). The molecular weight excluding hydrogens is 373 g/mol. The van der Waals surface area contributed by atoms with Crippen LogP contribution in [0.5, 0.6) is 0 Å². The highest BCUT2D eigenvalue weighted by Gasteiger charge is 2.29. The highest BCUT2D eigenvalue weighted by molar-refractivity contribution is 5.79. The van der Waals surface area contributed by atoms with Crippen LogP contribution in [0.3, 0.4) is 0 Å². The largest absolute Gasteiger partial charge is 0.342 e. The third-order valence-electron chi connectivity index (χ3n) is 5.63. The molecule has 0 bridgehead atoms. The number of halogens is 1. The first kappa shape index (κ1) is 19.3. The first-order valence-electron chi connectivity index (χ1n) is 9.78. The fourth-order valence-electron chi connectivity index (χ4n) is 3.89. The number of benzene rings is 1. The predicted molar refractivity (Wildman–Crippen MR) is 105 cm³/mol. The Hall–Kier alpha value is -3.03. The molecule has 152 valence electrons. The molecule has 1 aliphatic rings. The number of aryl methyl sites for hydroxylation is 2. The Balaban J connectivity index is 1.46. The number of rotatable bonds is 4. The minimum Gasteiger partial charge on any atom is -0.342 e. The van der Waals surface area contributed by atoms with Gasteiger partial charge in [-0.15, -0.1) is 0 Å². The molecule has 3 aromatic rings. The summed E-state index contributed by atoms with van der Waals surface area (Å²) in [5.74, 6) is 0.585. The molecule has 29 heavy (non-hydrogen) atoms. The van der Waals surface area contributed by atoms with Crippen molar-refractivity contribution in [1.29, 1.82) is 0 Å². The van der Waals surface area contributed by atoms with E-state index >= 15 is 0 Å². The number of aromatic nitrogens is 4. The standard InChI is InChI=1S/C21H24FN5O2/c1-13-18(14(2)26(3)24-13)11-19(28)27-9-5-7-16(12-27)21-23-20(25-29-21)15-6-4-8-17(22)10-15/h4,6,8,10,16H,5,7,9,11-12H2,1-3H3. The minimum absolute atomic E-state index is 0.0152. The average molecular weight is 397 g/mol. The normalized spacial score (nSPS) is 17.0. The van der Waals surface area contributed by atoms with Crippen LogP contribution in [-0.2, 0) is 18.3 Å². The SMILES string of the molecule is Cc1nn(C)c(C)c1CC(=O)N1CCCC(c2nc(-c3cccc(F)c3)no2)C1. The van der Waals surface area contributed by atoms with Crippen molar-refractivity contribution in [3.05, 3.63) is 52.9 Å². The first-order valence-corrected chi connectivity index (χ1v) is 9.78. The molecule has 0 aliphatic carbocycles. The van der Waals surface area contributed by atoms with E-state index in [0.717, 1.165) is 36.3 Å². The van der Waals surface area contributed by atoms with Gasteiger partial charge in [0.2, 0.25) is 17.6 Å². The maximum absolute atomic E-state index is 13.5. The van der Waals surface area contributed by atoms with E-state index in [9.17, 15) is 9.18 Å². The van der Waals surface area contributed by atoms with Crippen LogP contribution in [0.4, 0.5) is 4.39 Å². The molecule has 1 aromatic carbocycles. The van der Waals surface area contributed by atoms with Crippen LogP contribution in [0.25, 0.3) is 11.4 Å². The van der Waals surface area contributed by atoms with Gasteiger partial charge in [0.1, 0.15) is 5.82 Å². The fourth-order valence-corrected chi connectivity index (χ4v) is 3.89. The number of likely N-dealkylation sites (tertiary alicyclic amines) is 1. The van der Waals surface area contributed by atoms with Crippen molar-refractivity contribution >= 4 is 5.91 Å². The molecule has 1 unspecified atom stereocenters. The number of carbonyl (C=O) groups excluding carboxylic acids is 1. The molecule has 3 heterocycles.